The van der Waals surface area contributed by atoms with Gasteiger partial charge in [-0.05, 0) is 92.4 Å². The number of carbonyl (C=O) groups excluding carboxylic acids is 1. The molecular weight excluding hydrogens is 568 g/mol. The van der Waals surface area contributed by atoms with Crippen molar-refractivity contribution in [3.63, 3.8) is 0 Å². The maximum atomic E-state index is 12.6. The number of rotatable bonds is 6. The van der Waals surface area contributed by atoms with Gasteiger partial charge in [0.15, 0.2) is 6.29 Å². The summed E-state index contributed by atoms with van der Waals surface area (Å²) in [5.41, 5.74) is 1.93. The Kier molecular flexibility index (Phi) is 8.89. The van der Waals surface area contributed by atoms with Gasteiger partial charge in [-0.1, -0.05) is 32.4 Å². The van der Waals surface area contributed by atoms with Gasteiger partial charge in [-0.15, -0.1) is 0 Å². The van der Waals surface area contributed by atoms with Gasteiger partial charge >= 0.3 is 5.97 Å². The molecule has 0 bridgehead atoms. The molecule has 3 saturated carbocycles. The number of carbonyl (C=O) groups is 1. The molecule has 0 aromatic rings. The van der Waals surface area contributed by atoms with Crippen LogP contribution in [-0.4, -0.2) is 98.8 Å². The van der Waals surface area contributed by atoms with Crippen molar-refractivity contribution in [2.24, 2.45) is 40.4 Å². The number of aliphatic hydroxyl groups excluding tert-OH is 6. The van der Waals surface area contributed by atoms with Crippen LogP contribution in [0.4, 0.5) is 0 Å². The lowest BCUT2D eigenvalue weighted by molar-refractivity contribution is -0.312. The minimum atomic E-state index is -1.50. The molecule has 10 nitrogen and oxygen atoms in total. The van der Waals surface area contributed by atoms with Gasteiger partial charge in [0.2, 0.25) is 0 Å². The molecule has 2 aliphatic heterocycles. The van der Waals surface area contributed by atoms with Gasteiger partial charge in [-0.3, -0.25) is 0 Å². The van der Waals surface area contributed by atoms with Crippen LogP contribution in [0.25, 0.3) is 0 Å². The van der Waals surface area contributed by atoms with Crippen molar-refractivity contribution in [3.05, 3.63) is 22.8 Å². The third-order valence-electron chi connectivity index (χ3n) is 13.3. The molecule has 0 aromatic heterocycles. The van der Waals surface area contributed by atoms with Gasteiger partial charge in [-0.2, -0.15) is 0 Å². The van der Waals surface area contributed by atoms with Crippen LogP contribution in [0.15, 0.2) is 22.8 Å². The van der Waals surface area contributed by atoms with Crippen LogP contribution in [0.1, 0.15) is 79.1 Å². The van der Waals surface area contributed by atoms with Gasteiger partial charge in [0, 0.05) is 11.8 Å². The van der Waals surface area contributed by atoms with Gasteiger partial charge in [0.1, 0.15) is 30.5 Å². The summed E-state index contributed by atoms with van der Waals surface area (Å²) >= 11 is 0. The Morgan fingerprint density at radius 1 is 1.00 bits per heavy atom. The van der Waals surface area contributed by atoms with E-state index in [1.165, 1.54) is 0 Å². The lowest BCUT2D eigenvalue weighted by atomic mass is 9.46. The van der Waals surface area contributed by atoms with Crippen molar-refractivity contribution in [3.8, 4) is 0 Å². The van der Waals surface area contributed by atoms with Gasteiger partial charge < -0.3 is 44.8 Å². The van der Waals surface area contributed by atoms with E-state index in [1.54, 1.807) is 0 Å². The zero-order valence-corrected chi connectivity index (χ0v) is 26.5. The highest BCUT2D eigenvalue weighted by Crippen LogP contribution is 2.67. The first-order valence-corrected chi connectivity index (χ1v) is 16.7. The first kappa shape index (κ1) is 32.6. The van der Waals surface area contributed by atoms with Crippen LogP contribution >= 0.6 is 0 Å². The summed E-state index contributed by atoms with van der Waals surface area (Å²) in [5, 5.41) is 62.0. The minimum Gasteiger partial charge on any atom is -0.458 e. The number of hydrogen-bond donors (Lipinski definition) is 6. The molecule has 15 atom stereocenters. The second-order valence-electron chi connectivity index (χ2n) is 15.1. The molecular formula is C34H52O10. The van der Waals surface area contributed by atoms with Crippen LogP contribution in [-0.2, 0) is 19.0 Å². The van der Waals surface area contributed by atoms with E-state index in [2.05, 4.69) is 26.8 Å². The molecule has 1 saturated heterocycles. The van der Waals surface area contributed by atoms with E-state index in [1.807, 2.05) is 6.92 Å². The van der Waals surface area contributed by atoms with Crippen molar-refractivity contribution >= 4 is 5.97 Å². The SMILES string of the molecule is CC1=C(CO)C(=O)O[C@@H]([C@@H](C)[C@H]2CC[C@H]3[C@@H]4CC=C5[C@@H](O[C@@H]6O[C@H](CO)[C@@H](O)[C@H](O)[C@H]6O)CC[C@H](O)[C@]5(C)[C@H]4CC[C@]23C)C1. The number of fused-ring (bicyclic) bond motifs is 5. The normalized spacial score (nSPS) is 49.9. The quantitative estimate of drug-likeness (QED) is 0.191. The number of cyclic esters (lactones) is 1. The molecule has 6 aliphatic rings. The molecule has 4 aliphatic carbocycles. The molecule has 0 unspecified atom stereocenters. The highest BCUT2D eigenvalue weighted by molar-refractivity contribution is 5.90. The van der Waals surface area contributed by atoms with Crippen molar-refractivity contribution in [2.45, 2.75) is 128 Å². The van der Waals surface area contributed by atoms with Crippen molar-refractivity contribution < 1.29 is 49.6 Å². The monoisotopic (exact) mass is 620 g/mol. The lowest BCUT2D eigenvalue weighted by Crippen LogP contribution is -2.61. The second-order valence-corrected chi connectivity index (χ2v) is 15.1. The van der Waals surface area contributed by atoms with Crippen LogP contribution in [0.2, 0.25) is 0 Å². The Morgan fingerprint density at radius 2 is 1.75 bits per heavy atom. The minimum absolute atomic E-state index is 0.0927. The summed E-state index contributed by atoms with van der Waals surface area (Å²) in [6.45, 7) is 7.95. The molecule has 0 amide bonds. The van der Waals surface area contributed by atoms with Crippen LogP contribution in [0.3, 0.4) is 0 Å². The first-order chi connectivity index (χ1) is 20.9. The number of aliphatic hydroxyl groups is 6. The average molecular weight is 621 g/mol. The molecule has 0 radical (unpaired) electrons. The van der Waals surface area contributed by atoms with E-state index in [0.717, 1.165) is 43.3 Å². The molecule has 6 N–H and O–H groups in total. The Bertz CT molecular complexity index is 1170. The second kappa shape index (κ2) is 12.0. The molecule has 2 heterocycles. The standard InChI is InChI=1S/C34H52O10/c1-16-13-25(42-31(41)19(16)14-35)17(2)20-7-8-21-18-5-6-23-24(43-32-30(40)29(39)28(38)26(15-36)44-32)9-10-27(37)34(23,4)22(18)11-12-33(20,21)3/h6,17-18,20-22,24-30,32,35-40H,5,7-15H2,1-4H3/t17-,18-,20+,21-,22-,24-,25+,26+,27-,28+,29-,30+,32+,33+,34+/m0/s1. The molecule has 0 spiro atoms. The van der Waals surface area contributed by atoms with Crippen LogP contribution in [0.5, 0.6) is 0 Å². The summed E-state index contributed by atoms with van der Waals surface area (Å²) in [5.74, 6) is 1.36. The van der Waals surface area contributed by atoms with E-state index in [4.69, 9.17) is 14.2 Å². The van der Waals surface area contributed by atoms with Crippen molar-refractivity contribution in [2.75, 3.05) is 13.2 Å². The zero-order valence-electron chi connectivity index (χ0n) is 26.5. The molecule has 4 fully saturated rings. The Hall–Kier alpha value is -1.37. The largest absolute Gasteiger partial charge is 0.458 e. The zero-order chi connectivity index (χ0) is 31.7. The smallest absolute Gasteiger partial charge is 0.336 e. The molecule has 44 heavy (non-hydrogen) atoms. The van der Waals surface area contributed by atoms with Crippen molar-refractivity contribution in [1.82, 2.24) is 0 Å². The van der Waals surface area contributed by atoms with Crippen molar-refractivity contribution in [1.29, 1.82) is 0 Å². The maximum absolute atomic E-state index is 12.6. The topological polar surface area (TPSA) is 166 Å². The molecule has 6 rings (SSSR count). The summed E-state index contributed by atoms with van der Waals surface area (Å²) in [6.07, 6.45) is 1.25. The lowest BCUT2D eigenvalue weighted by Gasteiger charge is -2.60. The number of esters is 1. The number of ether oxygens (including phenoxy) is 3. The van der Waals surface area contributed by atoms with E-state index in [-0.39, 0.29) is 35.9 Å². The van der Waals surface area contributed by atoms with Crippen LogP contribution in [0, 0.1) is 40.4 Å². The molecule has 10 heteroatoms. The fourth-order valence-electron chi connectivity index (χ4n) is 10.7. The fourth-order valence-corrected chi connectivity index (χ4v) is 10.7. The number of hydrogen-bond acceptors (Lipinski definition) is 10. The Morgan fingerprint density at radius 3 is 2.43 bits per heavy atom. The van der Waals surface area contributed by atoms with E-state index in [0.29, 0.717) is 42.6 Å². The van der Waals surface area contributed by atoms with E-state index >= 15 is 0 Å². The summed E-state index contributed by atoms with van der Waals surface area (Å²) in [7, 11) is 0. The first-order valence-electron chi connectivity index (χ1n) is 16.7. The predicted octanol–water partition coefficient (Wildman–Crippen LogP) is 1.98. The molecule has 0 aromatic carbocycles. The fraction of sp³-hybridized carbons (Fsp3) is 0.853. The third-order valence-corrected chi connectivity index (χ3v) is 13.3. The highest BCUT2D eigenvalue weighted by Gasteiger charge is 2.62. The van der Waals surface area contributed by atoms with Gasteiger partial charge in [-0.25, -0.2) is 4.79 Å². The van der Waals surface area contributed by atoms with Gasteiger partial charge in [0.05, 0.1) is 31.0 Å². The average Bonchev–Trinajstić information content (AvgIpc) is 3.35. The summed E-state index contributed by atoms with van der Waals surface area (Å²) < 4.78 is 17.9. The third kappa shape index (κ3) is 4.94. The summed E-state index contributed by atoms with van der Waals surface area (Å²) in [6, 6.07) is 0. The molecule has 248 valence electrons. The predicted molar refractivity (Wildman–Crippen MR) is 159 cm³/mol. The Labute approximate surface area is 260 Å². The van der Waals surface area contributed by atoms with E-state index < -0.39 is 54.9 Å². The van der Waals surface area contributed by atoms with Crippen LogP contribution < -0.4 is 0 Å². The van der Waals surface area contributed by atoms with E-state index in [9.17, 15) is 35.4 Å². The number of allylic oxidation sites excluding steroid dienone is 1. The van der Waals surface area contributed by atoms with Gasteiger partial charge in [0.25, 0.3) is 0 Å². The summed E-state index contributed by atoms with van der Waals surface area (Å²) in [4.78, 5) is 12.6. The Balaban J connectivity index is 1.21. The maximum Gasteiger partial charge on any atom is 0.336 e. The highest BCUT2D eigenvalue weighted by atomic mass is 16.7.